The topological polar surface area (TPSA) is 96.5 Å². The fourth-order valence-electron chi connectivity index (χ4n) is 3.29. The lowest BCUT2D eigenvalue weighted by molar-refractivity contribution is -0.116. The van der Waals surface area contributed by atoms with Gasteiger partial charge in [-0.2, -0.15) is 10.4 Å². The first-order chi connectivity index (χ1) is 16.1. The van der Waals surface area contributed by atoms with Gasteiger partial charge in [-0.3, -0.25) is 14.5 Å². The molecule has 0 atom stereocenters. The van der Waals surface area contributed by atoms with E-state index in [1.807, 2.05) is 30.5 Å². The van der Waals surface area contributed by atoms with Gasteiger partial charge in [-0.1, -0.05) is 12.6 Å². The van der Waals surface area contributed by atoms with Crippen LogP contribution < -0.4 is 5.32 Å². The third-order valence-electron chi connectivity index (χ3n) is 4.93. The van der Waals surface area contributed by atoms with Gasteiger partial charge in [0.2, 0.25) is 5.91 Å². The van der Waals surface area contributed by atoms with Gasteiger partial charge in [-0.15, -0.1) is 0 Å². The predicted octanol–water partition coefficient (Wildman–Crippen LogP) is 3.87. The highest BCUT2D eigenvalue weighted by Crippen LogP contribution is 2.27. The third kappa shape index (κ3) is 5.17. The Hall–Kier alpha value is -4.64. The second kappa shape index (κ2) is 9.66. The van der Waals surface area contributed by atoms with Crippen molar-refractivity contribution >= 4 is 5.91 Å². The minimum atomic E-state index is -0.324. The van der Waals surface area contributed by atoms with E-state index in [1.165, 1.54) is 18.2 Å². The number of amides is 1. The molecule has 0 aliphatic carbocycles. The van der Waals surface area contributed by atoms with Gasteiger partial charge < -0.3 is 5.32 Å². The van der Waals surface area contributed by atoms with Crippen LogP contribution in [0.5, 0.6) is 0 Å². The van der Waals surface area contributed by atoms with E-state index in [2.05, 4.69) is 27.0 Å². The molecule has 33 heavy (non-hydrogen) atoms. The summed E-state index contributed by atoms with van der Waals surface area (Å²) in [6.45, 7) is 4.11. The molecule has 0 fully saturated rings. The molecule has 8 heteroatoms. The molecule has 1 N–H and O–H groups in total. The number of carbonyl (C=O) groups is 1. The van der Waals surface area contributed by atoms with Crippen LogP contribution >= 0.6 is 0 Å². The molecule has 4 aromatic rings. The van der Waals surface area contributed by atoms with E-state index in [9.17, 15) is 9.18 Å². The molecule has 4 rings (SSSR count). The summed E-state index contributed by atoms with van der Waals surface area (Å²) < 4.78 is 15.1. The smallest absolute Gasteiger partial charge is 0.243 e. The van der Waals surface area contributed by atoms with Crippen LogP contribution in [0.25, 0.3) is 22.5 Å². The van der Waals surface area contributed by atoms with Crippen LogP contribution in [0.2, 0.25) is 0 Å². The molecule has 0 unspecified atom stereocenters. The fourth-order valence-corrected chi connectivity index (χ4v) is 3.29. The first-order valence-corrected chi connectivity index (χ1v) is 10.1. The molecule has 1 amide bonds. The maximum Gasteiger partial charge on any atom is 0.243 e. The van der Waals surface area contributed by atoms with Crippen LogP contribution in [0, 0.1) is 17.1 Å². The average Bonchev–Trinajstić information content (AvgIpc) is 3.31. The number of aromatic nitrogens is 4. The van der Waals surface area contributed by atoms with E-state index in [4.69, 9.17) is 5.26 Å². The molecule has 3 aromatic heterocycles. The van der Waals surface area contributed by atoms with E-state index < -0.39 is 0 Å². The number of carbonyl (C=O) groups excluding carboxylic acids is 1. The highest BCUT2D eigenvalue weighted by molar-refractivity contribution is 5.87. The molecule has 0 saturated heterocycles. The molecule has 3 heterocycles. The molecule has 0 aliphatic heterocycles. The first kappa shape index (κ1) is 21.6. The Labute approximate surface area is 189 Å². The molecule has 0 bridgehead atoms. The minimum absolute atomic E-state index is 0.246. The van der Waals surface area contributed by atoms with Gasteiger partial charge in [0.15, 0.2) is 0 Å². The molecule has 0 spiro atoms. The van der Waals surface area contributed by atoms with Gasteiger partial charge in [0, 0.05) is 30.1 Å². The van der Waals surface area contributed by atoms with Crippen LogP contribution in [0.3, 0.4) is 0 Å². The van der Waals surface area contributed by atoms with Crippen molar-refractivity contribution in [1.82, 2.24) is 25.1 Å². The zero-order valence-electron chi connectivity index (χ0n) is 17.6. The highest BCUT2D eigenvalue weighted by Gasteiger charge is 2.13. The van der Waals surface area contributed by atoms with Gasteiger partial charge in [0.25, 0.3) is 0 Å². The Kier molecular flexibility index (Phi) is 6.32. The Balaban J connectivity index is 1.68. The predicted molar refractivity (Wildman–Crippen MR) is 121 cm³/mol. The van der Waals surface area contributed by atoms with Crippen molar-refractivity contribution in [3.63, 3.8) is 0 Å². The lowest BCUT2D eigenvalue weighted by Gasteiger charge is -2.11. The van der Waals surface area contributed by atoms with Crippen LogP contribution in [0.15, 0.2) is 79.6 Å². The summed E-state index contributed by atoms with van der Waals surface area (Å²) in [5.74, 6) is -0.618. The summed E-state index contributed by atoms with van der Waals surface area (Å²) in [5.41, 5.74) is 4.71. The van der Waals surface area contributed by atoms with Gasteiger partial charge >= 0.3 is 0 Å². The average molecular weight is 438 g/mol. The molecule has 1 aromatic carbocycles. The summed E-state index contributed by atoms with van der Waals surface area (Å²) in [6.07, 6.45) is 4.70. The van der Waals surface area contributed by atoms with E-state index in [1.54, 1.807) is 35.1 Å². The number of nitrogens with one attached hydrogen (secondary N) is 1. The number of benzene rings is 1. The number of nitrogens with zero attached hydrogens (tertiary/aromatic N) is 5. The van der Waals surface area contributed by atoms with E-state index >= 15 is 0 Å². The summed E-state index contributed by atoms with van der Waals surface area (Å²) in [7, 11) is 0. The number of nitriles is 1. The highest BCUT2D eigenvalue weighted by atomic mass is 19.1. The number of hydrogen-bond acceptors (Lipinski definition) is 5. The molecular formula is C25H19FN6O. The number of rotatable bonds is 7. The van der Waals surface area contributed by atoms with Crippen LogP contribution in [0.1, 0.15) is 17.0 Å². The molecule has 0 radical (unpaired) electrons. The number of pyridine rings is 2. The van der Waals surface area contributed by atoms with Crippen LogP contribution in [0.4, 0.5) is 4.39 Å². The third-order valence-corrected chi connectivity index (χ3v) is 4.93. The number of halogens is 1. The SMILES string of the molecule is C=CC(=O)NCc1cnc(-c2ccc(F)cc2)cc1-c1ccn(Cc2cccc(C#N)n2)n1. The normalized spacial score (nSPS) is 10.4. The molecule has 0 aliphatic rings. The lowest BCUT2D eigenvalue weighted by Crippen LogP contribution is -2.20. The quantitative estimate of drug-likeness (QED) is 0.442. The largest absolute Gasteiger partial charge is 0.348 e. The Bertz CT molecular complexity index is 1350. The van der Waals surface area contributed by atoms with Crippen molar-refractivity contribution in [3.8, 4) is 28.6 Å². The van der Waals surface area contributed by atoms with Crippen molar-refractivity contribution in [2.75, 3.05) is 0 Å². The molecule has 0 saturated carbocycles. The van der Waals surface area contributed by atoms with Crippen molar-refractivity contribution in [2.24, 2.45) is 0 Å². The van der Waals surface area contributed by atoms with Gasteiger partial charge in [-0.05, 0) is 60.2 Å². The van der Waals surface area contributed by atoms with E-state index in [0.717, 1.165) is 16.7 Å². The second-order valence-electron chi connectivity index (χ2n) is 7.18. The van der Waals surface area contributed by atoms with Crippen molar-refractivity contribution in [2.45, 2.75) is 13.1 Å². The van der Waals surface area contributed by atoms with Gasteiger partial charge in [0.1, 0.15) is 17.6 Å². The monoisotopic (exact) mass is 438 g/mol. The van der Waals surface area contributed by atoms with E-state index in [0.29, 0.717) is 29.3 Å². The standard InChI is InChI=1S/C25H19FN6O/c1-2-25(33)29-15-18-14-28-24(17-6-8-19(26)9-7-17)12-22(18)23-10-11-32(31-23)16-21-5-3-4-20(13-27)30-21/h2-12,14H,1,15-16H2,(H,29,33). The summed E-state index contributed by atoms with van der Waals surface area (Å²) in [5, 5.41) is 16.5. The zero-order valence-corrected chi connectivity index (χ0v) is 17.6. The Morgan fingerprint density at radius 2 is 2.00 bits per heavy atom. The first-order valence-electron chi connectivity index (χ1n) is 10.1. The fraction of sp³-hybridized carbons (Fsp3) is 0.0800. The number of hydrogen-bond donors (Lipinski definition) is 1. The van der Waals surface area contributed by atoms with Gasteiger partial charge in [-0.25, -0.2) is 9.37 Å². The van der Waals surface area contributed by atoms with Crippen molar-refractivity contribution < 1.29 is 9.18 Å². The summed E-state index contributed by atoms with van der Waals surface area (Å²) >= 11 is 0. The minimum Gasteiger partial charge on any atom is -0.348 e. The maximum atomic E-state index is 13.3. The summed E-state index contributed by atoms with van der Waals surface area (Å²) in [6, 6.07) is 17.1. The summed E-state index contributed by atoms with van der Waals surface area (Å²) in [4.78, 5) is 20.5. The lowest BCUT2D eigenvalue weighted by atomic mass is 10.0. The molecule has 162 valence electrons. The van der Waals surface area contributed by atoms with Crippen molar-refractivity contribution in [3.05, 3.63) is 102 Å². The maximum absolute atomic E-state index is 13.3. The van der Waals surface area contributed by atoms with Crippen molar-refractivity contribution in [1.29, 1.82) is 5.26 Å². The van der Waals surface area contributed by atoms with Crippen LogP contribution in [-0.2, 0) is 17.9 Å². The Morgan fingerprint density at radius 3 is 2.76 bits per heavy atom. The van der Waals surface area contributed by atoms with Crippen LogP contribution in [-0.4, -0.2) is 25.7 Å². The molecular weight excluding hydrogens is 419 g/mol. The zero-order chi connectivity index (χ0) is 23.2. The molecule has 7 nitrogen and oxygen atoms in total. The second-order valence-corrected chi connectivity index (χ2v) is 7.18. The van der Waals surface area contributed by atoms with Gasteiger partial charge in [0.05, 0.1) is 23.6 Å². The Morgan fingerprint density at radius 1 is 1.18 bits per heavy atom. The van der Waals surface area contributed by atoms with E-state index in [-0.39, 0.29) is 18.3 Å².